The molecule has 0 unspecified atom stereocenters. The molecule has 0 aliphatic carbocycles. The highest BCUT2D eigenvalue weighted by atomic mass is 79.9. The molecule has 0 spiro atoms. The summed E-state index contributed by atoms with van der Waals surface area (Å²) in [6.45, 7) is 0.202. The van der Waals surface area contributed by atoms with Gasteiger partial charge in [0, 0.05) is 10.2 Å². The highest BCUT2D eigenvalue weighted by molar-refractivity contribution is 9.10. The predicted molar refractivity (Wildman–Crippen MR) is 90.1 cm³/mol. The van der Waals surface area contributed by atoms with E-state index in [4.69, 9.17) is 17.0 Å². The van der Waals surface area contributed by atoms with Gasteiger partial charge >= 0.3 is 6.09 Å². The van der Waals surface area contributed by atoms with E-state index in [-0.39, 0.29) is 11.7 Å². The van der Waals surface area contributed by atoms with E-state index in [9.17, 15) is 4.79 Å². The lowest BCUT2D eigenvalue weighted by Crippen LogP contribution is -2.34. The molecule has 0 atom stereocenters. The number of hydrogen-bond acceptors (Lipinski definition) is 3. The first kappa shape index (κ1) is 15.5. The average Bonchev–Trinajstić information content (AvgIpc) is 2.48. The monoisotopic (exact) mass is 364 g/mol. The first-order valence-electron chi connectivity index (χ1n) is 6.18. The van der Waals surface area contributed by atoms with E-state index in [0.29, 0.717) is 0 Å². The second-order valence-corrected chi connectivity index (χ2v) is 5.47. The zero-order chi connectivity index (χ0) is 15.1. The van der Waals surface area contributed by atoms with Crippen molar-refractivity contribution in [3.8, 4) is 0 Å². The van der Waals surface area contributed by atoms with Crippen LogP contribution in [0.5, 0.6) is 0 Å². The number of anilines is 1. The quantitative estimate of drug-likeness (QED) is 0.805. The van der Waals surface area contributed by atoms with Gasteiger partial charge in [0.2, 0.25) is 0 Å². The lowest BCUT2D eigenvalue weighted by atomic mass is 10.2. The molecule has 0 bridgehead atoms. The number of rotatable bonds is 3. The van der Waals surface area contributed by atoms with Crippen LogP contribution in [0.25, 0.3) is 0 Å². The van der Waals surface area contributed by atoms with Gasteiger partial charge in [-0.1, -0.05) is 46.3 Å². The van der Waals surface area contributed by atoms with Crippen LogP contribution in [0.1, 0.15) is 5.56 Å². The summed E-state index contributed by atoms with van der Waals surface area (Å²) in [5, 5.41) is 5.55. The van der Waals surface area contributed by atoms with Gasteiger partial charge in [-0.05, 0) is 42.0 Å². The SMILES string of the molecule is O=C(NC(=S)Nc1ccc(Br)cc1)OCc1ccccc1. The van der Waals surface area contributed by atoms with E-state index in [2.05, 4.69) is 26.6 Å². The van der Waals surface area contributed by atoms with Gasteiger partial charge < -0.3 is 10.1 Å². The summed E-state index contributed by atoms with van der Waals surface area (Å²) in [5.74, 6) is 0. The minimum atomic E-state index is -0.589. The lowest BCUT2D eigenvalue weighted by molar-refractivity contribution is 0.145. The molecule has 4 nitrogen and oxygen atoms in total. The molecule has 6 heteroatoms. The van der Waals surface area contributed by atoms with Crippen molar-refractivity contribution in [2.45, 2.75) is 6.61 Å². The Labute approximate surface area is 136 Å². The van der Waals surface area contributed by atoms with Crippen LogP contribution in [-0.2, 0) is 11.3 Å². The molecule has 0 heterocycles. The summed E-state index contributed by atoms with van der Waals surface area (Å²) >= 11 is 8.39. The fraction of sp³-hybridized carbons (Fsp3) is 0.0667. The Morgan fingerprint density at radius 2 is 1.76 bits per heavy atom. The summed E-state index contributed by atoms with van der Waals surface area (Å²) in [5.41, 5.74) is 1.70. The largest absolute Gasteiger partial charge is 0.444 e. The smallest absolute Gasteiger partial charge is 0.413 e. The van der Waals surface area contributed by atoms with Gasteiger partial charge in [0.15, 0.2) is 5.11 Å². The molecule has 21 heavy (non-hydrogen) atoms. The number of benzene rings is 2. The molecule has 0 fully saturated rings. The number of amides is 1. The molecule has 2 rings (SSSR count). The van der Waals surface area contributed by atoms with Crippen LogP contribution < -0.4 is 10.6 Å². The number of carbonyl (C=O) groups excluding carboxylic acids is 1. The van der Waals surface area contributed by atoms with E-state index in [0.717, 1.165) is 15.7 Å². The summed E-state index contributed by atoms with van der Waals surface area (Å²) in [6.07, 6.45) is -0.589. The van der Waals surface area contributed by atoms with Crippen LogP contribution in [0.3, 0.4) is 0 Å². The van der Waals surface area contributed by atoms with E-state index in [1.165, 1.54) is 0 Å². The van der Waals surface area contributed by atoms with Gasteiger partial charge in [-0.3, -0.25) is 5.32 Å². The highest BCUT2D eigenvalue weighted by Crippen LogP contribution is 2.13. The Morgan fingerprint density at radius 1 is 1.10 bits per heavy atom. The molecule has 0 saturated carbocycles. The number of hydrogen-bond donors (Lipinski definition) is 2. The molecule has 0 aliphatic rings. The van der Waals surface area contributed by atoms with Crippen molar-refractivity contribution in [1.29, 1.82) is 0 Å². The van der Waals surface area contributed by atoms with Crippen molar-refractivity contribution in [1.82, 2.24) is 5.32 Å². The minimum absolute atomic E-state index is 0.190. The maximum atomic E-state index is 11.6. The number of thiocarbonyl (C=S) groups is 1. The second kappa shape index (κ2) is 7.75. The maximum Gasteiger partial charge on any atom is 0.413 e. The fourth-order valence-corrected chi connectivity index (χ4v) is 2.01. The van der Waals surface area contributed by atoms with Crippen LogP contribution in [0.2, 0.25) is 0 Å². The Bertz CT molecular complexity index is 617. The number of nitrogens with one attached hydrogen (secondary N) is 2. The molecule has 0 saturated heterocycles. The van der Waals surface area contributed by atoms with E-state index in [1.807, 2.05) is 54.6 Å². The van der Waals surface area contributed by atoms with Gasteiger partial charge in [0.05, 0.1) is 0 Å². The summed E-state index contributed by atoms with van der Waals surface area (Å²) < 4.78 is 6.04. The van der Waals surface area contributed by atoms with Crippen molar-refractivity contribution < 1.29 is 9.53 Å². The number of carbonyl (C=O) groups is 1. The molecular formula is C15H13BrN2O2S. The van der Waals surface area contributed by atoms with E-state index >= 15 is 0 Å². The predicted octanol–water partition coefficient (Wildman–Crippen LogP) is 4.07. The Kier molecular flexibility index (Phi) is 5.71. The van der Waals surface area contributed by atoms with Crippen LogP contribution in [0.4, 0.5) is 10.5 Å². The molecule has 0 radical (unpaired) electrons. The third kappa shape index (κ3) is 5.53. The van der Waals surface area contributed by atoms with Crippen molar-refractivity contribution in [2.75, 3.05) is 5.32 Å². The van der Waals surface area contributed by atoms with E-state index in [1.54, 1.807) is 0 Å². The third-order valence-corrected chi connectivity index (χ3v) is 3.26. The molecule has 0 aliphatic heterocycles. The van der Waals surface area contributed by atoms with E-state index < -0.39 is 6.09 Å². The molecule has 2 aromatic rings. The van der Waals surface area contributed by atoms with Gasteiger partial charge in [-0.25, -0.2) is 4.79 Å². The number of halogens is 1. The van der Waals surface area contributed by atoms with Crippen LogP contribution in [0, 0.1) is 0 Å². The summed E-state index contributed by atoms with van der Waals surface area (Å²) in [6, 6.07) is 16.9. The van der Waals surface area contributed by atoms with Crippen LogP contribution >= 0.6 is 28.1 Å². The molecule has 1 amide bonds. The van der Waals surface area contributed by atoms with Gasteiger partial charge in [0.1, 0.15) is 6.61 Å². The Hall–Kier alpha value is -1.92. The topological polar surface area (TPSA) is 50.4 Å². The van der Waals surface area contributed by atoms with Crippen LogP contribution in [0.15, 0.2) is 59.1 Å². The van der Waals surface area contributed by atoms with Gasteiger partial charge in [-0.2, -0.15) is 0 Å². The Balaban J connectivity index is 1.77. The second-order valence-electron chi connectivity index (χ2n) is 4.15. The minimum Gasteiger partial charge on any atom is -0.444 e. The standard InChI is InChI=1S/C15H13BrN2O2S/c16-12-6-8-13(9-7-12)17-14(21)18-15(19)20-10-11-4-2-1-3-5-11/h1-9H,10H2,(H2,17,18,19,21). The molecule has 108 valence electrons. The van der Waals surface area contributed by atoms with Crippen molar-refractivity contribution >= 4 is 45.0 Å². The number of ether oxygens (including phenoxy) is 1. The van der Waals surface area contributed by atoms with Crippen molar-refractivity contribution in [2.24, 2.45) is 0 Å². The summed E-state index contributed by atoms with van der Waals surface area (Å²) in [7, 11) is 0. The first-order valence-corrected chi connectivity index (χ1v) is 7.38. The first-order chi connectivity index (χ1) is 10.1. The average molecular weight is 365 g/mol. The zero-order valence-electron chi connectivity index (χ0n) is 11.0. The third-order valence-electron chi connectivity index (χ3n) is 2.53. The maximum absolute atomic E-state index is 11.6. The highest BCUT2D eigenvalue weighted by Gasteiger charge is 2.06. The normalized spacial score (nSPS) is 9.76. The molecule has 0 aromatic heterocycles. The zero-order valence-corrected chi connectivity index (χ0v) is 13.4. The molecule has 2 N–H and O–H groups in total. The van der Waals surface area contributed by atoms with Gasteiger partial charge in [-0.15, -0.1) is 0 Å². The van der Waals surface area contributed by atoms with Gasteiger partial charge in [0.25, 0.3) is 0 Å². The Morgan fingerprint density at radius 3 is 2.43 bits per heavy atom. The fourth-order valence-electron chi connectivity index (χ4n) is 1.55. The molecular weight excluding hydrogens is 352 g/mol. The van der Waals surface area contributed by atoms with Crippen LogP contribution in [-0.4, -0.2) is 11.2 Å². The lowest BCUT2D eigenvalue weighted by Gasteiger charge is -2.10. The number of alkyl carbamates (subject to hydrolysis) is 1. The summed E-state index contributed by atoms with van der Waals surface area (Å²) in [4.78, 5) is 11.6. The molecule has 2 aromatic carbocycles. The van der Waals surface area contributed by atoms with Crippen molar-refractivity contribution in [3.05, 3.63) is 64.6 Å². The van der Waals surface area contributed by atoms with Crippen molar-refractivity contribution in [3.63, 3.8) is 0 Å².